The van der Waals surface area contributed by atoms with Crippen LogP contribution in [0.2, 0.25) is 0 Å². The van der Waals surface area contributed by atoms with E-state index in [9.17, 15) is 15.8 Å². The van der Waals surface area contributed by atoms with Gasteiger partial charge >= 0.3 is 0 Å². The molecule has 2 bridgehead atoms. The van der Waals surface area contributed by atoms with E-state index in [1.807, 2.05) is 0 Å². The number of nitriles is 3. The number of methoxy groups -OCH3 is 1. The Morgan fingerprint density at radius 1 is 1.10 bits per heavy atom. The Labute approximate surface area is 169 Å². The molecule has 4 unspecified atom stereocenters. The maximum absolute atomic E-state index is 10.3. The van der Waals surface area contributed by atoms with Crippen molar-refractivity contribution in [1.29, 1.82) is 21.2 Å². The molecule has 1 aromatic rings. The van der Waals surface area contributed by atoms with Crippen LogP contribution in [0.15, 0.2) is 24.3 Å². The highest BCUT2D eigenvalue weighted by Crippen LogP contribution is 2.68. The van der Waals surface area contributed by atoms with Crippen molar-refractivity contribution in [3.05, 3.63) is 29.8 Å². The number of benzene rings is 1. The van der Waals surface area contributed by atoms with E-state index in [4.69, 9.17) is 19.6 Å². The third-order valence-corrected chi connectivity index (χ3v) is 6.71. The van der Waals surface area contributed by atoms with E-state index in [0.717, 1.165) is 25.7 Å². The van der Waals surface area contributed by atoms with Crippen molar-refractivity contribution in [3.63, 3.8) is 0 Å². The molecule has 7 nitrogen and oxygen atoms in total. The lowest BCUT2D eigenvalue weighted by atomic mass is 9.52. The van der Waals surface area contributed by atoms with Gasteiger partial charge in [-0.15, -0.1) is 0 Å². The van der Waals surface area contributed by atoms with Gasteiger partial charge in [0.1, 0.15) is 11.9 Å². The molecular formula is C22H22N4O3. The SMILES string of the molecule is COc1cccc(C2OC34CCCCCCC3C(C#N)(C(=N)O4)C2(C#N)C#N)c1. The summed E-state index contributed by atoms with van der Waals surface area (Å²) in [6, 6.07) is 13.4. The summed E-state index contributed by atoms with van der Waals surface area (Å²) >= 11 is 0. The third kappa shape index (κ3) is 2.33. The van der Waals surface area contributed by atoms with Gasteiger partial charge in [-0.25, -0.2) is 0 Å². The van der Waals surface area contributed by atoms with E-state index in [1.165, 1.54) is 7.11 Å². The predicted octanol–water partition coefficient (Wildman–Crippen LogP) is 3.98. The van der Waals surface area contributed by atoms with Gasteiger partial charge in [0.25, 0.3) is 0 Å². The van der Waals surface area contributed by atoms with Crippen molar-refractivity contribution in [1.82, 2.24) is 0 Å². The summed E-state index contributed by atoms with van der Waals surface area (Å²) in [5.74, 6) is -1.46. The molecule has 1 N–H and O–H groups in total. The van der Waals surface area contributed by atoms with Gasteiger partial charge in [0.05, 0.1) is 31.2 Å². The second-order valence-corrected chi connectivity index (χ2v) is 7.97. The lowest BCUT2D eigenvalue weighted by Crippen LogP contribution is -2.59. The quantitative estimate of drug-likeness (QED) is 0.814. The Hall–Kier alpha value is -3.08. The molecule has 1 saturated carbocycles. The second-order valence-electron chi connectivity index (χ2n) is 7.97. The van der Waals surface area contributed by atoms with Gasteiger partial charge in [-0.05, 0) is 30.5 Å². The first-order valence-electron chi connectivity index (χ1n) is 9.87. The summed E-state index contributed by atoms with van der Waals surface area (Å²) in [7, 11) is 1.53. The minimum atomic E-state index is -1.91. The Bertz CT molecular complexity index is 957. The van der Waals surface area contributed by atoms with Crippen LogP contribution < -0.4 is 4.74 Å². The van der Waals surface area contributed by atoms with Gasteiger partial charge in [-0.3, -0.25) is 5.41 Å². The minimum absolute atomic E-state index is 0.319. The van der Waals surface area contributed by atoms with Gasteiger partial charge in [0, 0.05) is 6.42 Å². The molecule has 3 fully saturated rings. The van der Waals surface area contributed by atoms with E-state index in [0.29, 0.717) is 24.2 Å². The molecule has 1 aromatic carbocycles. The maximum atomic E-state index is 10.3. The van der Waals surface area contributed by atoms with Gasteiger partial charge in [-0.1, -0.05) is 31.4 Å². The van der Waals surface area contributed by atoms with Crippen LogP contribution in [0.25, 0.3) is 0 Å². The zero-order valence-electron chi connectivity index (χ0n) is 16.3. The van der Waals surface area contributed by atoms with E-state index in [-0.39, 0.29) is 5.90 Å². The van der Waals surface area contributed by atoms with Crippen LogP contribution in [0.1, 0.15) is 50.2 Å². The first-order valence-corrected chi connectivity index (χ1v) is 9.87. The van der Waals surface area contributed by atoms with Crippen LogP contribution in [0.4, 0.5) is 0 Å². The smallest absolute Gasteiger partial charge is 0.217 e. The van der Waals surface area contributed by atoms with Crippen LogP contribution in [0.3, 0.4) is 0 Å². The van der Waals surface area contributed by atoms with E-state index in [1.54, 1.807) is 24.3 Å². The fraction of sp³-hybridized carbons (Fsp3) is 0.545. The summed E-state index contributed by atoms with van der Waals surface area (Å²) in [5, 5.41) is 39.5. The molecule has 0 amide bonds. The number of ether oxygens (including phenoxy) is 3. The lowest BCUT2D eigenvalue weighted by molar-refractivity contribution is -0.289. The molecule has 2 saturated heterocycles. The summed E-state index contributed by atoms with van der Waals surface area (Å²) in [6.45, 7) is 0. The highest BCUT2D eigenvalue weighted by atomic mass is 16.7. The van der Waals surface area contributed by atoms with Gasteiger partial charge in [0.15, 0.2) is 5.41 Å². The fourth-order valence-electron chi connectivity index (χ4n) is 5.32. The van der Waals surface area contributed by atoms with Crippen molar-refractivity contribution >= 4 is 5.90 Å². The standard InChI is InChI=1S/C22H22N4O3/c1-27-16-8-6-7-15(11-16)18-20(12-23,13-24)21(14-25)17-9-4-2-3-5-10-22(17,28-18)29-19(21)26/h6-8,11,17-18,26H,2-5,9-10H2,1H3. The molecule has 29 heavy (non-hydrogen) atoms. The first kappa shape index (κ1) is 19.2. The van der Waals surface area contributed by atoms with Gasteiger partial charge in [0.2, 0.25) is 17.1 Å². The van der Waals surface area contributed by atoms with E-state index >= 15 is 0 Å². The number of rotatable bonds is 2. The molecule has 0 aromatic heterocycles. The van der Waals surface area contributed by atoms with Crippen LogP contribution in [-0.4, -0.2) is 18.8 Å². The number of hydrogen-bond donors (Lipinski definition) is 1. The average molecular weight is 390 g/mol. The van der Waals surface area contributed by atoms with Crippen molar-refractivity contribution in [2.75, 3.05) is 7.11 Å². The van der Waals surface area contributed by atoms with Crippen molar-refractivity contribution < 1.29 is 14.2 Å². The van der Waals surface area contributed by atoms with Gasteiger partial charge in [-0.2, -0.15) is 15.8 Å². The van der Waals surface area contributed by atoms with Crippen LogP contribution >= 0.6 is 0 Å². The molecule has 0 radical (unpaired) electrons. The normalized spacial score (nSPS) is 34.9. The van der Waals surface area contributed by atoms with Crippen LogP contribution in [-0.2, 0) is 9.47 Å². The van der Waals surface area contributed by atoms with E-state index < -0.39 is 28.6 Å². The first-order chi connectivity index (χ1) is 14.0. The Balaban J connectivity index is 1.97. The predicted molar refractivity (Wildman–Crippen MR) is 101 cm³/mol. The molecule has 1 aliphatic carbocycles. The third-order valence-electron chi connectivity index (χ3n) is 6.71. The number of hydrogen-bond acceptors (Lipinski definition) is 7. The van der Waals surface area contributed by atoms with Gasteiger partial charge < -0.3 is 14.2 Å². The Morgan fingerprint density at radius 2 is 1.86 bits per heavy atom. The summed E-state index contributed by atoms with van der Waals surface area (Å²) in [5.41, 5.74) is -3.03. The number of nitrogens with zero attached hydrogens (tertiary/aromatic N) is 3. The molecule has 3 aliphatic rings. The Kier molecular flexibility index (Phi) is 4.49. The largest absolute Gasteiger partial charge is 0.497 e. The second kappa shape index (κ2) is 6.76. The van der Waals surface area contributed by atoms with Crippen LogP contribution in [0, 0.1) is 56.2 Å². The monoisotopic (exact) mass is 390 g/mol. The summed E-state index contributed by atoms with van der Waals surface area (Å²) in [4.78, 5) is 0. The zero-order valence-corrected chi connectivity index (χ0v) is 16.3. The Morgan fingerprint density at radius 3 is 2.55 bits per heavy atom. The minimum Gasteiger partial charge on any atom is -0.497 e. The molecular weight excluding hydrogens is 368 g/mol. The van der Waals surface area contributed by atoms with Crippen LogP contribution in [0.5, 0.6) is 5.75 Å². The van der Waals surface area contributed by atoms with Crippen molar-refractivity contribution in [2.45, 2.75) is 50.4 Å². The average Bonchev–Trinajstić information content (AvgIpc) is 2.90. The van der Waals surface area contributed by atoms with Crippen molar-refractivity contribution in [3.8, 4) is 24.0 Å². The molecule has 2 aliphatic heterocycles. The summed E-state index contributed by atoms with van der Waals surface area (Å²) < 4.78 is 17.8. The summed E-state index contributed by atoms with van der Waals surface area (Å²) in [6.07, 6.45) is 3.76. The number of nitrogens with one attached hydrogen (secondary N) is 1. The highest BCUT2D eigenvalue weighted by Gasteiger charge is 2.80. The molecule has 4 atom stereocenters. The maximum Gasteiger partial charge on any atom is 0.217 e. The lowest BCUT2D eigenvalue weighted by Gasteiger charge is -2.50. The molecule has 148 valence electrons. The molecule has 0 spiro atoms. The molecule has 7 heteroatoms. The topological polar surface area (TPSA) is 123 Å². The van der Waals surface area contributed by atoms with E-state index in [2.05, 4.69) is 18.2 Å². The molecule has 2 heterocycles. The van der Waals surface area contributed by atoms with Crippen molar-refractivity contribution in [2.24, 2.45) is 16.7 Å². The highest BCUT2D eigenvalue weighted by molar-refractivity contribution is 5.89. The zero-order chi connectivity index (χ0) is 20.7. The molecule has 4 rings (SSSR count). The fourth-order valence-corrected chi connectivity index (χ4v) is 5.32.